The Morgan fingerprint density at radius 1 is 1.18 bits per heavy atom. The highest BCUT2D eigenvalue weighted by Gasteiger charge is 2.19. The number of halogens is 1. The van der Waals surface area contributed by atoms with Crippen LogP contribution in [0, 0.1) is 5.82 Å². The first-order valence-corrected chi connectivity index (χ1v) is 13.5. The topological polar surface area (TPSA) is 92.5 Å². The monoisotopic (exact) mass is 536 g/mol. The number of nitrogen functional groups attached to an aromatic ring is 1. The van der Waals surface area contributed by atoms with Crippen molar-refractivity contribution >= 4 is 33.8 Å². The van der Waals surface area contributed by atoms with Gasteiger partial charge in [0, 0.05) is 36.8 Å². The number of aromatic nitrogens is 4. The van der Waals surface area contributed by atoms with Crippen LogP contribution in [0.25, 0.3) is 27.9 Å². The molecule has 8 heteroatoms. The number of aromatic amines is 1. The second kappa shape index (κ2) is 12.0. The summed E-state index contributed by atoms with van der Waals surface area (Å²) in [5.41, 5.74) is 13.3. The van der Waals surface area contributed by atoms with Gasteiger partial charge in [-0.05, 0) is 58.2 Å². The summed E-state index contributed by atoms with van der Waals surface area (Å²) in [5.74, 6) is 0.115. The molecule has 0 amide bonds. The lowest BCUT2D eigenvalue weighted by atomic mass is 10.0. The van der Waals surface area contributed by atoms with Crippen LogP contribution in [0.5, 0.6) is 0 Å². The summed E-state index contributed by atoms with van der Waals surface area (Å²) in [6.07, 6.45) is 8.92. The number of imidazole rings is 1. The fourth-order valence-corrected chi connectivity index (χ4v) is 5.06. The van der Waals surface area contributed by atoms with Gasteiger partial charge in [-0.1, -0.05) is 49.1 Å². The van der Waals surface area contributed by atoms with Crippen LogP contribution in [0.4, 0.5) is 10.1 Å². The van der Waals surface area contributed by atoms with E-state index < -0.39 is 5.82 Å². The van der Waals surface area contributed by atoms with Gasteiger partial charge in [-0.2, -0.15) is 11.3 Å². The van der Waals surface area contributed by atoms with Crippen LogP contribution in [0.15, 0.2) is 96.0 Å². The van der Waals surface area contributed by atoms with Crippen LogP contribution in [-0.2, 0) is 13.0 Å². The first-order chi connectivity index (χ1) is 19.1. The predicted molar refractivity (Wildman–Crippen MR) is 159 cm³/mol. The van der Waals surface area contributed by atoms with Crippen molar-refractivity contribution in [2.75, 3.05) is 12.3 Å². The van der Waals surface area contributed by atoms with Crippen molar-refractivity contribution in [3.63, 3.8) is 0 Å². The molecule has 196 valence electrons. The molecule has 0 saturated carbocycles. The Kier molecular flexibility index (Phi) is 8.05. The van der Waals surface area contributed by atoms with Gasteiger partial charge in [0.15, 0.2) is 11.5 Å². The van der Waals surface area contributed by atoms with E-state index in [1.54, 1.807) is 23.6 Å². The lowest BCUT2D eigenvalue weighted by Crippen LogP contribution is -2.16. The summed E-state index contributed by atoms with van der Waals surface area (Å²) < 4.78 is 15.9. The smallest absolute Gasteiger partial charge is 0.178 e. The maximum absolute atomic E-state index is 15.9. The van der Waals surface area contributed by atoms with E-state index >= 15 is 4.39 Å². The number of allylic oxidation sites excluding steroid dienone is 3. The van der Waals surface area contributed by atoms with Crippen LogP contribution in [0.2, 0.25) is 0 Å². The molecular weight excluding hydrogens is 507 g/mol. The van der Waals surface area contributed by atoms with Crippen molar-refractivity contribution in [2.24, 2.45) is 0 Å². The van der Waals surface area contributed by atoms with Gasteiger partial charge in [-0.3, -0.25) is 4.98 Å². The molecule has 0 unspecified atom stereocenters. The minimum atomic E-state index is -0.466. The van der Waals surface area contributed by atoms with E-state index in [2.05, 4.69) is 49.3 Å². The number of nitrogens with zero attached hydrogens (tertiary/aromatic N) is 3. The number of anilines is 1. The Morgan fingerprint density at radius 2 is 2.03 bits per heavy atom. The van der Waals surface area contributed by atoms with E-state index in [0.29, 0.717) is 29.2 Å². The fraction of sp³-hybridized carbons (Fsp3) is 0.129. The van der Waals surface area contributed by atoms with Crippen LogP contribution in [0.1, 0.15) is 29.6 Å². The second-order valence-electron chi connectivity index (χ2n) is 9.04. The zero-order chi connectivity index (χ0) is 27.2. The number of pyridine rings is 2. The van der Waals surface area contributed by atoms with E-state index in [9.17, 15) is 0 Å². The average Bonchev–Trinajstić information content (AvgIpc) is 3.64. The highest BCUT2D eigenvalue weighted by atomic mass is 32.1. The van der Waals surface area contributed by atoms with E-state index in [0.717, 1.165) is 28.8 Å². The summed E-state index contributed by atoms with van der Waals surface area (Å²) in [6, 6.07) is 14.1. The molecule has 0 aliphatic carbocycles. The van der Waals surface area contributed by atoms with Gasteiger partial charge in [0.1, 0.15) is 11.5 Å². The van der Waals surface area contributed by atoms with Gasteiger partial charge < -0.3 is 16.0 Å². The molecule has 0 spiro atoms. The van der Waals surface area contributed by atoms with Crippen LogP contribution >= 0.6 is 11.3 Å². The predicted octanol–water partition coefficient (Wildman–Crippen LogP) is 6.70. The number of nitrogens with one attached hydrogen (secondary N) is 2. The average molecular weight is 537 g/mol. The Labute approximate surface area is 230 Å². The molecule has 0 radical (unpaired) electrons. The molecule has 5 rings (SSSR count). The van der Waals surface area contributed by atoms with Gasteiger partial charge in [0.25, 0.3) is 0 Å². The van der Waals surface area contributed by atoms with E-state index in [-0.39, 0.29) is 17.8 Å². The van der Waals surface area contributed by atoms with Gasteiger partial charge in [-0.25, -0.2) is 14.4 Å². The third-order valence-corrected chi connectivity index (χ3v) is 7.14. The largest absolute Gasteiger partial charge is 0.397 e. The standard InChI is InChI=1S/C31H29FN6S/c1-3-20(16-34-17-21-8-6-5-7-9-21)14-22(4-2)29-28(32)25(26(33)18-36-29)15-27-37-30-24(23-11-13-39-19-23)10-12-35-31(30)38-27/h3-14,18-19,34H,1,15-17,33H2,2H3,(H,35,37,38)/b20-14+,22-4+. The van der Waals surface area contributed by atoms with Crippen LogP contribution in [0.3, 0.4) is 0 Å². The number of hydrogen-bond donors (Lipinski definition) is 3. The normalized spacial score (nSPS) is 12.3. The molecule has 6 nitrogen and oxygen atoms in total. The van der Waals surface area contributed by atoms with Crippen molar-refractivity contribution in [1.82, 2.24) is 25.3 Å². The van der Waals surface area contributed by atoms with Crippen molar-refractivity contribution in [1.29, 1.82) is 0 Å². The molecule has 4 heterocycles. The molecule has 0 saturated heterocycles. The fourth-order valence-electron chi connectivity index (χ4n) is 4.40. The second-order valence-corrected chi connectivity index (χ2v) is 9.82. The van der Waals surface area contributed by atoms with E-state index in [4.69, 9.17) is 5.73 Å². The zero-order valence-electron chi connectivity index (χ0n) is 21.6. The molecule has 0 aliphatic rings. The molecule has 0 fully saturated rings. The summed E-state index contributed by atoms with van der Waals surface area (Å²) in [6.45, 7) is 7.10. The third kappa shape index (κ3) is 5.87. The lowest BCUT2D eigenvalue weighted by molar-refractivity contribution is 0.603. The van der Waals surface area contributed by atoms with Gasteiger partial charge in [0.05, 0.1) is 17.4 Å². The molecule has 4 aromatic heterocycles. The SMILES string of the molecule is C=C/C(=C\C(=C/C)c1ncc(N)c(Cc2nc3nccc(-c4ccsc4)c3[nH]2)c1F)CNCc1ccccc1. The number of rotatable bonds is 10. The quantitative estimate of drug-likeness (QED) is 0.173. The Morgan fingerprint density at radius 3 is 2.77 bits per heavy atom. The highest BCUT2D eigenvalue weighted by molar-refractivity contribution is 7.08. The number of benzene rings is 1. The maximum Gasteiger partial charge on any atom is 0.178 e. The number of nitrogens with two attached hydrogens (primary N) is 1. The van der Waals surface area contributed by atoms with Crippen LogP contribution in [-0.4, -0.2) is 26.5 Å². The highest BCUT2D eigenvalue weighted by Crippen LogP contribution is 2.30. The Balaban J connectivity index is 1.40. The number of fused-ring (bicyclic) bond motifs is 1. The third-order valence-electron chi connectivity index (χ3n) is 6.46. The molecule has 1 aromatic carbocycles. The Bertz CT molecular complexity index is 1650. The van der Waals surface area contributed by atoms with Gasteiger partial charge in [0.2, 0.25) is 0 Å². The van der Waals surface area contributed by atoms with E-state index in [1.165, 1.54) is 11.8 Å². The van der Waals surface area contributed by atoms with Crippen molar-refractivity contribution in [3.8, 4) is 11.1 Å². The summed E-state index contributed by atoms with van der Waals surface area (Å²) in [7, 11) is 0. The lowest BCUT2D eigenvalue weighted by Gasteiger charge is -2.12. The molecule has 0 atom stereocenters. The summed E-state index contributed by atoms with van der Waals surface area (Å²) >= 11 is 1.62. The van der Waals surface area contributed by atoms with Crippen molar-refractivity contribution in [2.45, 2.75) is 19.9 Å². The summed E-state index contributed by atoms with van der Waals surface area (Å²) in [4.78, 5) is 16.7. The number of thiophene rings is 1. The first-order valence-electron chi connectivity index (χ1n) is 12.6. The Hall–Kier alpha value is -4.40. The molecular formula is C31H29FN6S. The molecule has 4 N–H and O–H groups in total. The molecule has 0 bridgehead atoms. The van der Waals surface area contributed by atoms with Crippen molar-refractivity contribution in [3.05, 3.63) is 124 Å². The molecule has 39 heavy (non-hydrogen) atoms. The van der Waals surface area contributed by atoms with Gasteiger partial charge in [-0.15, -0.1) is 0 Å². The van der Waals surface area contributed by atoms with E-state index in [1.807, 2.05) is 54.8 Å². The number of hydrogen-bond acceptors (Lipinski definition) is 6. The maximum atomic E-state index is 15.9. The minimum Gasteiger partial charge on any atom is -0.397 e. The minimum absolute atomic E-state index is 0.181. The first kappa shape index (κ1) is 26.2. The summed E-state index contributed by atoms with van der Waals surface area (Å²) in [5, 5.41) is 7.51. The molecule has 5 aromatic rings. The number of H-pyrrole nitrogens is 1. The van der Waals surface area contributed by atoms with Crippen molar-refractivity contribution < 1.29 is 4.39 Å². The zero-order valence-corrected chi connectivity index (χ0v) is 22.4. The van der Waals surface area contributed by atoms with Crippen LogP contribution < -0.4 is 11.1 Å². The molecule has 0 aliphatic heterocycles. The van der Waals surface area contributed by atoms with Gasteiger partial charge >= 0.3 is 0 Å².